The lowest BCUT2D eigenvalue weighted by atomic mass is 10.1. The summed E-state index contributed by atoms with van der Waals surface area (Å²) in [6.45, 7) is 0. The van der Waals surface area contributed by atoms with Gasteiger partial charge in [-0.3, -0.25) is 4.72 Å². The summed E-state index contributed by atoms with van der Waals surface area (Å²) in [7, 11) is -3.30. The van der Waals surface area contributed by atoms with E-state index in [9.17, 15) is 8.42 Å². The lowest BCUT2D eigenvalue weighted by Crippen LogP contribution is -2.09. The zero-order valence-electron chi connectivity index (χ0n) is 15.5. The molecule has 0 spiro atoms. The minimum absolute atomic E-state index is 0.469. The van der Waals surface area contributed by atoms with Crippen molar-refractivity contribution < 1.29 is 8.42 Å². The van der Waals surface area contributed by atoms with Crippen molar-refractivity contribution in [2.24, 2.45) is 0 Å². The fraction of sp³-hybridized carbons (Fsp3) is 0.0500. The van der Waals surface area contributed by atoms with E-state index in [4.69, 9.17) is 0 Å². The van der Waals surface area contributed by atoms with Gasteiger partial charge in [-0.05, 0) is 42.5 Å². The minimum Gasteiger partial charge on any atom is -0.324 e. The third-order valence-electron chi connectivity index (χ3n) is 4.07. The van der Waals surface area contributed by atoms with Gasteiger partial charge >= 0.3 is 0 Å². The number of rotatable bonds is 6. The molecule has 0 saturated carbocycles. The summed E-state index contributed by atoms with van der Waals surface area (Å²) in [5.74, 6) is 0.469. The maximum atomic E-state index is 11.3. The van der Waals surface area contributed by atoms with E-state index < -0.39 is 10.0 Å². The number of nitrogens with zero attached hydrogens (tertiary/aromatic N) is 4. The lowest BCUT2D eigenvalue weighted by Gasteiger charge is -2.09. The summed E-state index contributed by atoms with van der Waals surface area (Å²) in [5, 5.41) is 3.19. The van der Waals surface area contributed by atoms with E-state index in [-0.39, 0.29) is 0 Å². The Morgan fingerprint density at radius 1 is 0.897 bits per heavy atom. The SMILES string of the molecule is CS(=O)(=O)Nc1ccc(-c2ccnc(Nc3ccc(-n4ccnc4)cc3)n2)cc1. The van der Waals surface area contributed by atoms with Crippen molar-refractivity contribution in [1.29, 1.82) is 0 Å². The second-order valence-corrected chi connectivity index (χ2v) is 8.11. The molecular formula is C20H18N6O2S. The summed E-state index contributed by atoms with van der Waals surface area (Å²) in [6, 6.07) is 16.6. The fourth-order valence-corrected chi connectivity index (χ4v) is 3.32. The normalized spacial score (nSPS) is 11.2. The Balaban J connectivity index is 1.50. The van der Waals surface area contributed by atoms with E-state index in [1.807, 2.05) is 35.0 Å². The number of hydrogen-bond acceptors (Lipinski definition) is 6. The first-order valence-electron chi connectivity index (χ1n) is 8.73. The maximum absolute atomic E-state index is 11.3. The van der Waals surface area contributed by atoms with Crippen LogP contribution in [0.1, 0.15) is 0 Å². The van der Waals surface area contributed by atoms with Crippen LogP contribution in [0.2, 0.25) is 0 Å². The molecule has 9 heteroatoms. The zero-order valence-corrected chi connectivity index (χ0v) is 16.3. The molecule has 2 N–H and O–H groups in total. The van der Waals surface area contributed by atoms with Gasteiger partial charge in [0.1, 0.15) is 0 Å². The molecule has 0 aliphatic rings. The highest BCUT2D eigenvalue weighted by Crippen LogP contribution is 2.22. The Labute approximate surface area is 168 Å². The lowest BCUT2D eigenvalue weighted by molar-refractivity contribution is 0.607. The van der Waals surface area contributed by atoms with Crippen molar-refractivity contribution >= 4 is 27.3 Å². The van der Waals surface area contributed by atoms with Crippen molar-refractivity contribution in [3.05, 3.63) is 79.5 Å². The predicted octanol–water partition coefficient (Wildman–Crippen LogP) is 3.44. The smallest absolute Gasteiger partial charge is 0.229 e. The van der Waals surface area contributed by atoms with E-state index in [0.717, 1.165) is 28.9 Å². The van der Waals surface area contributed by atoms with Gasteiger partial charge in [0.2, 0.25) is 16.0 Å². The number of hydrogen-bond donors (Lipinski definition) is 2. The monoisotopic (exact) mass is 406 g/mol. The molecule has 0 amide bonds. The summed E-state index contributed by atoms with van der Waals surface area (Å²) in [4.78, 5) is 12.9. The van der Waals surface area contributed by atoms with Crippen LogP contribution in [0.4, 0.5) is 17.3 Å². The van der Waals surface area contributed by atoms with Crippen LogP contribution in [-0.2, 0) is 10.0 Å². The van der Waals surface area contributed by atoms with Crippen LogP contribution >= 0.6 is 0 Å². The Morgan fingerprint density at radius 2 is 1.62 bits per heavy atom. The van der Waals surface area contributed by atoms with Crippen LogP contribution in [-0.4, -0.2) is 34.2 Å². The van der Waals surface area contributed by atoms with Crippen LogP contribution in [0.25, 0.3) is 16.9 Å². The van der Waals surface area contributed by atoms with Crippen LogP contribution in [0.15, 0.2) is 79.5 Å². The third kappa shape index (κ3) is 4.77. The number of aromatic nitrogens is 4. The van der Waals surface area contributed by atoms with E-state index >= 15 is 0 Å². The average molecular weight is 406 g/mol. The molecule has 0 atom stereocenters. The molecule has 2 heterocycles. The molecule has 0 unspecified atom stereocenters. The molecule has 8 nitrogen and oxygen atoms in total. The number of sulfonamides is 1. The minimum atomic E-state index is -3.30. The Kier molecular flexibility index (Phi) is 4.96. The number of benzene rings is 2. The first kappa shape index (κ1) is 18.6. The molecule has 146 valence electrons. The van der Waals surface area contributed by atoms with Crippen LogP contribution < -0.4 is 10.0 Å². The standard InChI is InChI=1S/C20H18N6O2S/c1-29(27,28)25-17-4-2-15(3-5-17)19-10-11-22-20(24-19)23-16-6-8-18(9-7-16)26-13-12-21-14-26/h2-14,25H,1H3,(H,22,23,24). The van der Waals surface area contributed by atoms with Gasteiger partial charge in [-0.25, -0.2) is 23.4 Å². The topological polar surface area (TPSA) is 102 Å². The van der Waals surface area contributed by atoms with Gasteiger partial charge in [0.25, 0.3) is 0 Å². The maximum Gasteiger partial charge on any atom is 0.229 e. The summed E-state index contributed by atoms with van der Waals surface area (Å²) >= 11 is 0. The highest BCUT2D eigenvalue weighted by atomic mass is 32.2. The van der Waals surface area contributed by atoms with Gasteiger partial charge in [0.15, 0.2) is 0 Å². The van der Waals surface area contributed by atoms with Gasteiger partial charge in [0, 0.05) is 41.2 Å². The Morgan fingerprint density at radius 3 is 2.28 bits per heavy atom. The van der Waals surface area contributed by atoms with E-state index in [2.05, 4.69) is 25.0 Å². The fourth-order valence-electron chi connectivity index (χ4n) is 2.76. The van der Waals surface area contributed by atoms with Crippen LogP contribution in [0.5, 0.6) is 0 Å². The first-order chi connectivity index (χ1) is 14.0. The highest BCUT2D eigenvalue weighted by molar-refractivity contribution is 7.92. The molecule has 2 aromatic carbocycles. The van der Waals surface area contributed by atoms with Gasteiger partial charge < -0.3 is 9.88 Å². The van der Waals surface area contributed by atoms with E-state index in [1.165, 1.54) is 0 Å². The number of imidazole rings is 1. The Hall–Kier alpha value is -3.72. The van der Waals surface area contributed by atoms with E-state index in [1.54, 1.807) is 49.1 Å². The van der Waals surface area contributed by atoms with Gasteiger partial charge in [0.05, 0.1) is 18.3 Å². The first-order valence-corrected chi connectivity index (χ1v) is 10.6. The van der Waals surface area contributed by atoms with Crippen molar-refractivity contribution in [2.75, 3.05) is 16.3 Å². The average Bonchev–Trinajstić information content (AvgIpc) is 3.23. The molecule has 0 saturated heterocycles. The number of anilines is 3. The van der Waals surface area contributed by atoms with E-state index in [0.29, 0.717) is 11.6 Å². The van der Waals surface area contributed by atoms with Crippen molar-refractivity contribution in [2.45, 2.75) is 0 Å². The quantitative estimate of drug-likeness (QED) is 0.509. The van der Waals surface area contributed by atoms with Crippen molar-refractivity contribution in [3.63, 3.8) is 0 Å². The molecule has 4 rings (SSSR count). The molecular weight excluding hydrogens is 388 g/mol. The summed E-state index contributed by atoms with van der Waals surface area (Å²) in [5.41, 5.74) is 3.94. The molecule has 0 aliphatic carbocycles. The van der Waals surface area contributed by atoms with Gasteiger partial charge in [-0.2, -0.15) is 0 Å². The molecule has 4 aromatic rings. The highest BCUT2D eigenvalue weighted by Gasteiger charge is 2.06. The van der Waals surface area contributed by atoms with Gasteiger partial charge in [-0.15, -0.1) is 0 Å². The zero-order chi connectivity index (χ0) is 20.3. The molecule has 0 fully saturated rings. The molecule has 29 heavy (non-hydrogen) atoms. The molecule has 0 aliphatic heterocycles. The Bertz CT molecular complexity index is 1200. The summed E-state index contributed by atoms with van der Waals surface area (Å²) < 4.78 is 27.0. The van der Waals surface area contributed by atoms with Crippen LogP contribution in [0, 0.1) is 0 Å². The second kappa shape index (κ2) is 7.72. The van der Waals surface area contributed by atoms with Crippen molar-refractivity contribution in [3.8, 4) is 16.9 Å². The molecule has 0 bridgehead atoms. The summed E-state index contributed by atoms with van der Waals surface area (Å²) in [6.07, 6.45) is 8.14. The largest absolute Gasteiger partial charge is 0.324 e. The van der Waals surface area contributed by atoms with Gasteiger partial charge in [-0.1, -0.05) is 12.1 Å². The molecule has 0 radical (unpaired) electrons. The predicted molar refractivity (Wildman–Crippen MR) is 113 cm³/mol. The second-order valence-electron chi connectivity index (χ2n) is 6.36. The third-order valence-corrected chi connectivity index (χ3v) is 4.67. The molecule has 2 aromatic heterocycles. The van der Waals surface area contributed by atoms with Crippen molar-refractivity contribution in [1.82, 2.24) is 19.5 Å². The van der Waals surface area contributed by atoms with Crippen LogP contribution in [0.3, 0.4) is 0 Å². The number of nitrogens with one attached hydrogen (secondary N) is 2.